The van der Waals surface area contributed by atoms with Gasteiger partial charge in [0.25, 0.3) is 0 Å². The molecule has 0 atom stereocenters. The average Bonchev–Trinajstić information content (AvgIpc) is 2.47. The lowest BCUT2D eigenvalue weighted by molar-refractivity contribution is 0.0992. The van der Waals surface area contributed by atoms with Gasteiger partial charge in [-0.15, -0.1) is 0 Å². The number of ketones is 1. The number of rotatable bonds is 5. The van der Waals surface area contributed by atoms with Gasteiger partial charge in [0.2, 0.25) is 0 Å². The number of halogens is 2. The Labute approximate surface area is 127 Å². The Hall–Kier alpha value is -0.900. The van der Waals surface area contributed by atoms with Crippen LogP contribution < -0.4 is 4.74 Å². The summed E-state index contributed by atoms with van der Waals surface area (Å²) in [6, 6.07) is 4.14. The largest absolute Gasteiger partial charge is 0.492 e. The van der Waals surface area contributed by atoms with Crippen molar-refractivity contribution in [1.29, 1.82) is 0 Å². The standard InChI is InChI=1S/C16H20BrFO2/c1-12(19)14-9-13(18)5-6-15(14)20-11-16(10-17)7-3-2-4-8-16/h5-6,9H,2-4,7-8,10-11H2,1H3. The molecule has 20 heavy (non-hydrogen) atoms. The van der Waals surface area contributed by atoms with Crippen LogP contribution in [0.4, 0.5) is 4.39 Å². The van der Waals surface area contributed by atoms with Gasteiger partial charge < -0.3 is 4.74 Å². The Balaban J connectivity index is 2.11. The van der Waals surface area contributed by atoms with Gasteiger partial charge in [-0.1, -0.05) is 35.2 Å². The predicted octanol–water partition coefficient (Wildman–Crippen LogP) is 4.75. The van der Waals surface area contributed by atoms with Crippen LogP contribution in [0.2, 0.25) is 0 Å². The molecule has 0 aliphatic heterocycles. The van der Waals surface area contributed by atoms with Gasteiger partial charge in [-0.2, -0.15) is 0 Å². The molecular weight excluding hydrogens is 323 g/mol. The fourth-order valence-electron chi connectivity index (χ4n) is 2.75. The monoisotopic (exact) mass is 342 g/mol. The molecule has 0 amide bonds. The summed E-state index contributed by atoms with van der Waals surface area (Å²) >= 11 is 3.59. The van der Waals surface area contributed by atoms with Crippen LogP contribution in [-0.4, -0.2) is 17.7 Å². The van der Waals surface area contributed by atoms with Crippen molar-refractivity contribution in [1.82, 2.24) is 0 Å². The molecule has 4 heteroatoms. The summed E-state index contributed by atoms with van der Waals surface area (Å²) in [7, 11) is 0. The van der Waals surface area contributed by atoms with E-state index in [-0.39, 0.29) is 11.2 Å². The van der Waals surface area contributed by atoms with Crippen LogP contribution in [0.5, 0.6) is 5.75 Å². The zero-order chi connectivity index (χ0) is 14.6. The smallest absolute Gasteiger partial charge is 0.163 e. The zero-order valence-corrected chi connectivity index (χ0v) is 13.3. The van der Waals surface area contributed by atoms with Crippen LogP contribution in [0.15, 0.2) is 18.2 Å². The van der Waals surface area contributed by atoms with Gasteiger partial charge in [-0.25, -0.2) is 4.39 Å². The Morgan fingerprint density at radius 1 is 1.35 bits per heavy atom. The van der Waals surface area contributed by atoms with Crippen molar-refractivity contribution >= 4 is 21.7 Å². The summed E-state index contributed by atoms with van der Waals surface area (Å²) in [5.74, 6) is -0.0868. The summed E-state index contributed by atoms with van der Waals surface area (Å²) in [5.41, 5.74) is 0.464. The summed E-state index contributed by atoms with van der Waals surface area (Å²) < 4.78 is 19.1. The average molecular weight is 343 g/mol. The molecule has 0 N–H and O–H groups in total. The number of alkyl halides is 1. The summed E-state index contributed by atoms with van der Waals surface area (Å²) in [5, 5.41) is 0.899. The highest BCUT2D eigenvalue weighted by molar-refractivity contribution is 9.09. The number of ether oxygens (including phenoxy) is 1. The van der Waals surface area contributed by atoms with Crippen molar-refractivity contribution in [3.05, 3.63) is 29.6 Å². The zero-order valence-electron chi connectivity index (χ0n) is 11.8. The van der Waals surface area contributed by atoms with Gasteiger partial charge in [0, 0.05) is 10.7 Å². The molecule has 1 saturated carbocycles. The van der Waals surface area contributed by atoms with E-state index >= 15 is 0 Å². The van der Waals surface area contributed by atoms with Crippen molar-refractivity contribution in [2.24, 2.45) is 5.41 Å². The van der Waals surface area contributed by atoms with E-state index in [4.69, 9.17) is 4.74 Å². The van der Waals surface area contributed by atoms with Gasteiger partial charge in [0.1, 0.15) is 11.6 Å². The fraction of sp³-hybridized carbons (Fsp3) is 0.562. The number of Topliss-reactive ketones (excluding diaryl/α,β-unsaturated/α-hetero) is 1. The molecule has 0 unspecified atom stereocenters. The first-order valence-corrected chi connectivity index (χ1v) is 8.18. The molecule has 2 nitrogen and oxygen atoms in total. The third kappa shape index (κ3) is 3.60. The molecule has 0 radical (unpaired) electrons. The van der Waals surface area contributed by atoms with E-state index in [1.165, 1.54) is 38.3 Å². The molecule has 1 aliphatic carbocycles. The number of benzene rings is 1. The van der Waals surface area contributed by atoms with Gasteiger partial charge in [-0.3, -0.25) is 4.79 Å². The molecule has 0 heterocycles. The maximum absolute atomic E-state index is 13.2. The highest BCUT2D eigenvalue weighted by atomic mass is 79.9. The second-order valence-corrected chi connectivity index (χ2v) is 6.24. The van der Waals surface area contributed by atoms with Crippen LogP contribution in [0.25, 0.3) is 0 Å². The molecule has 110 valence electrons. The minimum Gasteiger partial charge on any atom is -0.492 e. The maximum atomic E-state index is 13.2. The molecule has 0 bridgehead atoms. The van der Waals surface area contributed by atoms with Gasteiger partial charge in [-0.05, 0) is 38.0 Å². The summed E-state index contributed by atoms with van der Waals surface area (Å²) in [6.07, 6.45) is 5.99. The van der Waals surface area contributed by atoms with E-state index in [0.29, 0.717) is 17.9 Å². The van der Waals surface area contributed by atoms with Gasteiger partial charge >= 0.3 is 0 Å². The van der Waals surface area contributed by atoms with Crippen molar-refractivity contribution in [2.45, 2.75) is 39.0 Å². The molecular formula is C16H20BrFO2. The molecule has 2 rings (SSSR count). The van der Waals surface area contributed by atoms with E-state index in [2.05, 4.69) is 15.9 Å². The number of hydrogen-bond acceptors (Lipinski definition) is 2. The van der Waals surface area contributed by atoms with Gasteiger partial charge in [0.05, 0.1) is 12.2 Å². The minimum atomic E-state index is -0.407. The number of carbonyl (C=O) groups is 1. The number of hydrogen-bond donors (Lipinski definition) is 0. The third-order valence-corrected chi connectivity index (χ3v) is 5.24. The lowest BCUT2D eigenvalue weighted by Crippen LogP contribution is -2.33. The summed E-state index contributed by atoms with van der Waals surface area (Å²) in [4.78, 5) is 11.6. The molecule has 1 aromatic carbocycles. The van der Waals surface area contributed by atoms with Gasteiger partial charge in [0.15, 0.2) is 5.78 Å². The lowest BCUT2D eigenvalue weighted by atomic mass is 9.76. The first kappa shape index (κ1) is 15.5. The molecule has 0 aromatic heterocycles. The van der Waals surface area contributed by atoms with E-state index in [1.54, 1.807) is 6.07 Å². The van der Waals surface area contributed by atoms with E-state index < -0.39 is 5.82 Å². The number of carbonyl (C=O) groups excluding carboxylic acids is 1. The Kier molecular flexibility index (Phi) is 5.19. The van der Waals surface area contributed by atoms with Crippen molar-refractivity contribution in [2.75, 3.05) is 11.9 Å². The Morgan fingerprint density at radius 2 is 2.05 bits per heavy atom. The molecule has 1 aliphatic rings. The summed E-state index contributed by atoms with van der Waals surface area (Å²) in [6.45, 7) is 2.01. The third-order valence-electron chi connectivity index (χ3n) is 4.05. The molecule has 1 aromatic rings. The molecule has 0 saturated heterocycles. The SMILES string of the molecule is CC(=O)c1cc(F)ccc1OCC1(CBr)CCCCC1. The first-order chi connectivity index (χ1) is 9.56. The lowest BCUT2D eigenvalue weighted by Gasteiger charge is -2.35. The predicted molar refractivity (Wildman–Crippen MR) is 81.2 cm³/mol. The fourth-order valence-corrected chi connectivity index (χ4v) is 3.47. The molecule has 0 spiro atoms. The van der Waals surface area contributed by atoms with Crippen LogP contribution in [0, 0.1) is 11.2 Å². The maximum Gasteiger partial charge on any atom is 0.163 e. The Bertz CT molecular complexity index is 481. The second kappa shape index (κ2) is 6.70. The van der Waals surface area contributed by atoms with E-state index in [1.807, 2.05) is 0 Å². The van der Waals surface area contributed by atoms with E-state index in [0.717, 1.165) is 18.2 Å². The van der Waals surface area contributed by atoms with Crippen LogP contribution in [0.3, 0.4) is 0 Å². The van der Waals surface area contributed by atoms with Crippen molar-refractivity contribution in [3.8, 4) is 5.75 Å². The van der Waals surface area contributed by atoms with E-state index in [9.17, 15) is 9.18 Å². The van der Waals surface area contributed by atoms with Crippen LogP contribution in [-0.2, 0) is 0 Å². The first-order valence-electron chi connectivity index (χ1n) is 7.06. The Morgan fingerprint density at radius 3 is 2.65 bits per heavy atom. The van der Waals surface area contributed by atoms with Crippen LogP contribution >= 0.6 is 15.9 Å². The minimum absolute atomic E-state index is 0.140. The van der Waals surface area contributed by atoms with Crippen molar-refractivity contribution < 1.29 is 13.9 Å². The topological polar surface area (TPSA) is 26.3 Å². The highest BCUT2D eigenvalue weighted by Gasteiger charge is 2.32. The van der Waals surface area contributed by atoms with Crippen molar-refractivity contribution in [3.63, 3.8) is 0 Å². The second-order valence-electron chi connectivity index (χ2n) is 5.68. The highest BCUT2D eigenvalue weighted by Crippen LogP contribution is 2.38. The normalized spacial score (nSPS) is 17.8. The van der Waals surface area contributed by atoms with Crippen LogP contribution in [0.1, 0.15) is 49.4 Å². The molecule has 1 fully saturated rings. The quantitative estimate of drug-likeness (QED) is 0.570.